The van der Waals surface area contributed by atoms with Gasteiger partial charge in [0.2, 0.25) is 0 Å². The molecular weight excluding hydrogens is 853 g/mol. The number of halogens is 8. The van der Waals surface area contributed by atoms with Crippen LogP contribution in [0.2, 0.25) is 0 Å². The number of benzene rings is 4. The van der Waals surface area contributed by atoms with Gasteiger partial charge in [-0.3, -0.25) is 0 Å². The van der Waals surface area contributed by atoms with Gasteiger partial charge in [-0.15, -0.1) is 0 Å². The Morgan fingerprint density at radius 1 is 0.614 bits per heavy atom. The molecule has 9 heteroatoms. The van der Waals surface area contributed by atoms with Gasteiger partial charge in [-0.2, -0.15) is 0 Å². The second-order valence-corrected chi connectivity index (χ2v) is 24.2. The first-order valence-electron chi connectivity index (χ1n) is 19.2. The minimum Gasteiger partial charge on any atom is -1.00 e. The molecule has 0 N–H and O–H groups in total. The van der Waals surface area contributed by atoms with E-state index in [-0.39, 0.29) is 47.0 Å². The Morgan fingerprint density at radius 2 is 1.14 bits per heavy atom. The third-order valence-electron chi connectivity index (χ3n) is 11.1. The van der Waals surface area contributed by atoms with Gasteiger partial charge in [-0.1, -0.05) is 0 Å². The number of rotatable bonds is 6. The van der Waals surface area contributed by atoms with Crippen LogP contribution >= 0.6 is 0 Å². The second-order valence-electron chi connectivity index (χ2n) is 18.4. The molecule has 4 aromatic carbocycles. The average molecular weight is 905 g/mol. The van der Waals surface area contributed by atoms with Gasteiger partial charge in [0.1, 0.15) is 0 Å². The molecule has 0 spiro atoms. The number of hydrogen-bond acceptors (Lipinski definition) is 0. The van der Waals surface area contributed by atoms with Crippen molar-refractivity contribution in [3.8, 4) is 11.1 Å². The molecule has 2 aliphatic carbocycles. The molecule has 0 saturated heterocycles. The Hall–Kier alpha value is -2.73. The number of allylic oxidation sites excluding steroid dienone is 4. The van der Waals surface area contributed by atoms with E-state index in [0.717, 1.165) is 68.2 Å². The zero-order valence-electron chi connectivity index (χ0n) is 34.4. The molecule has 0 radical (unpaired) electrons. The molecule has 0 bridgehead atoms. The van der Waals surface area contributed by atoms with Crippen molar-refractivity contribution < 1.29 is 72.4 Å². The Kier molecular flexibility index (Phi) is 13.8. The van der Waals surface area contributed by atoms with E-state index in [0.29, 0.717) is 20.8 Å². The van der Waals surface area contributed by atoms with Crippen LogP contribution in [0.15, 0.2) is 99.9 Å². The Morgan fingerprint density at radius 3 is 1.61 bits per heavy atom. The first-order chi connectivity index (χ1) is 25.4. The van der Waals surface area contributed by atoms with Gasteiger partial charge in [0, 0.05) is 0 Å². The van der Waals surface area contributed by atoms with E-state index in [4.69, 9.17) is 0 Å². The van der Waals surface area contributed by atoms with Crippen LogP contribution < -0.4 is 28.1 Å². The summed E-state index contributed by atoms with van der Waals surface area (Å²) in [6.07, 6.45) is -2.27. The zero-order valence-corrected chi connectivity index (χ0v) is 38.4. The van der Waals surface area contributed by atoms with Gasteiger partial charge in [0.25, 0.3) is 0 Å². The van der Waals surface area contributed by atoms with Crippen molar-refractivity contribution in [2.75, 3.05) is 0 Å². The molecule has 0 amide bonds. The third-order valence-corrected chi connectivity index (χ3v) is 18.8. The summed E-state index contributed by atoms with van der Waals surface area (Å²) >= 11 is -3.82. The number of hydrogen-bond donors (Lipinski definition) is 0. The van der Waals surface area contributed by atoms with E-state index in [1.54, 1.807) is 12.1 Å². The molecule has 0 heterocycles. The van der Waals surface area contributed by atoms with Gasteiger partial charge in [0.15, 0.2) is 0 Å². The van der Waals surface area contributed by atoms with E-state index < -0.39 is 44.7 Å². The fourth-order valence-corrected chi connectivity index (χ4v) is 16.4. The largest absolute Gasteiger partial charge is 1.00 e. The smallest absolute Gasteiger partial charge is 1.00 e. The average Bonchev–Trinajstić information content (AvgIpc) is 3.67. The van der Waals surface area contributed by atoms with Crippen LogP contribution in [0.3, 0.4) is 0 Å². The molecule has 0 nitrogen and oxygen atoms in total. The summed E-state index contributed by atoms with van der Waals surface area (Å²) in [5, 5.41) is 0. The monoisotopic (exact) mass is 902 g/mol. The van der Waals surface area contributed by atoms with Crippen molar-refractivity contribution in [2.24, 2.45) is 11.3 Å². The minimum atomic E-state index is -4.63. The van der Waals surface area contributed by atoms with Crippen molar-refractivity contribution in [2.45, 2.75) is 112 Å². The van der Waals surface area contributed by atoms with Crippen LogP contribution in [0, 0.1) is 11.3 Å². The summed E-state index contributed by atoms with van der Waals surface area (Å²) in [6, 6.07) is 21.8. The van der Waals surface area contributed by atoms with Crippen LogP contribution in [0.5, 0.6) is 0 Å². The van der Waals surface area contributed by atoms with Crippen molar-refractivity contribution in [1.82, 2.24) is 0 Å². The van der Waals surface area contributed by atoms with E-state index in [1.165, 1.54) is 26.5 Å². The molecule has 304 valence electrons. The molecule has 1 atom stereocenters. The van der Waals surface area contributed by atoms with Crippen LogP contribution in [-0.4, -0.2) is 3.21 Å². The SMILES string of the molecule is CCCC1C=C(C(C)(C)C)C=[C]1[Zr+2](=[C](c1cccc(C(F)(F)F)c1)c1cccc(C(F)(F)F)c1)[c]1cc(C(C)(C)C)cc2c1Cc1ccc(C(C)(C)C)cc1-2.[Cl-].[Cl-]. The van der Waals surface area contributed by atoms with Gasteiger partial charge < -0.3 is 24.8 Å². The van der Waals surface area contributed by atoms with Crippen LogP contribution in [-0.2, 0) is 50.9 Å². The Bertz CT molecular complexity index is 2180. The number of alkyl halides is 6. The standard InChI is InChI=1S/C21H25.C15H8F6.C12H19.2ClH.Zr/c1-20(2,3)16-9-7-14-11-15-8-10-17(21(4,5)6)13-19(15)18(14)12-16;16-14(17,18)12-5-1-3-10(8-12)7-11-4-2-6-13(9-11)15(19,20)21;1-5-6-10-7-8-11(9-10)12(2,3)4;;;/h7,9-10,12-13H,11H2,1-6H3;1-6,8-9H;8-10H,5-6H2,1-4H3;2*1H;/q;;;;;+2/p-2. The molecule has 1 unspecified atom stereocenters. The molecule has 0 aromatic heterocycles. The van der Waals surface area contributed by atoms with Crippen LogP contribution in [0.4, 0.5) is 26.3 Å². The summed E-state index contributed by atoms with van der Waals surface area (Å²) in [7, 11) is 0. The summed E-state index contributed by atoms with van der Waals surface area (Å²) in [5.74, 6) is 0.0189. The summed E-state index contributed by atoms with van der Waals surface area (Å²) in [6.45, 7) is 21.7. The molecular formula is C48H52Cl2F6Zr. The molecule has 0 aliphatic heterocycles. The van der Waals surface area contributed by atoms with E-state index in [2.05, 4.69) is 112 Å². The summed E-state index contributed by atoms with van der Waals surface area (Å²) in [4.78, 5) is 0. The van der Waals surface area contributed by atoms with Crippen LogP contribution in [0.1, 0.15) is 127 Å². The zero-order chi connectivity index (χ0) is 40.5. The molecule has 2 aliphatic rings. The Balaban J connectivity index is 0.00000360. The van der Waals surface area contributed by atoms with Crippen LogP contribution in [0.25, 0.3) is 11.1 Å². The minimum absolute atomic E-state index is 0. The molecule has 0 saturated carbocycles. The van der Waals surface area contributed by atoms with E-state index in [9.17, 15) is 26.3 Å². The number of fused-ring (bicyclic) bond motifs is 3. The normalized spacial score (nSPS) is 15.4. The van der Waals surface area contributed by atoms with Gasteiger partial charge in [-0.25, -0.2) is 0 Å². The molecule has 6 rings (SSSR count). The third kappa shape index (κ3) is 9.84. The van der Waals surface area contributed by atoms with Gasteiger partial charge in [-0.05, 0) is 0 Å². The topological polar surface area (TPSA) is 0 Å². The maximum absolute atomic E-state index is 14.5. The van der Waals surface area contributed by atoms with Crippen molar-refractivity contribution in [3.63, 3.8) is 0 Å². The van der Waals surface area contributed by atoms with E-state index in [1.807, 2.05) is 0 Å². The van der Waals surface area contributed by atoms with Gasteiger partial charge >= 0.3 is 333 Å². The maximum atomic E-state index is 14.5. The van der Waals surface area contributed by atoms with E-state index >= 15 is 0 Å². The quantitative estimate of drug-likeness (QED) is 0.154. The second kappa shape index (κ2) is 16.7. The summed E-state index contributed by atoms with van der Waals surface area (Å²) in [5.41, 5.74) is 6.59. The maximum Gasteiger partial charge on any atom is -1.00 e. The van der Waals surface area contributed by atoms with Gasteiger partial charge in [0.05, 0.1) is 0 Å². The first-order valence-corrected chi connectivity index (χ1v) is 22.9. The molecule has 0 fully saturated rings. The molecule has 4 aromatic rings. The fourth-order valence-electron chi connectivity index (χ4n) is 7.89. The summed E-state index contributed by atoms with van der Waals surface area (Å²) < 4.78 is 89.9. The first kappa shape index (κ1) is 47.0. The fraction of sp³-hybridized carbons (Fsp3) is 0.396. The molecule has 57 heavy (non-hydrogen) atoms. The Labute approximate surface area is 355 Å². The van der Waals surface area contributed by atoms with Crippen molar-refractivity contribution >= 4 is 6.48 Å². The van der Waals surface area contributed by atoms with Crippen molar-refractivity contribution in [3.05, 3.63) is 144 Å². The predicted octanol–water partition coefficient (Wildman–Crippen LogP) is 7.70. The van der Waals surface area contributed by atoms with Crippen molar-refractivity contribution in [1.29, 1.82) is 0 Å². The predicted molar refractivity (Wildman–Crippen MR) is 212 cm³/mol.